The number of aliphatic hydroxyl groups is 1. The molecule has 0 fully saturated rings. The van der Waals surface area contributed by atoms with Crippen molar-refractivity contribution in [3.63, 3.8) is 0 Å². The number of rotatable bonds is 8. The molecule has 1 amide bonds. The Morgan fingerprint density at radius 2 is 2.16 bits per heavy atom. The van der Waals surface area contributed by atoms with Gasteiger partial charge >= 0.3 is 0 Å². The molecular formula is C14H18ClNO2S. The van der Waals surface area contributed by atoms with Crippen molar-refractivity contribution in [2.75, 3.05) is 24.7 Å². The van der Waals surface area contributed by atoms with Crippen LogP contribution in [0.1, 0.15) is 12.0 Å². The molecule has 0 aliphatic carbocycles. The molecule has 2 N–H and O–H groups in total. The van der Waals surface area contributed by atoms with Gasteiger partial charge in [-0.1, -0.05) is 29.8 Å². The molecule has 0 aliphatic rings. The molecule has 104 valence electrons. The van der Waals surface area contributed by atoms with Gasteiger partial charge in [-0.15, -0.1) is 0 Å². The number of amides is 1. The zero-order valence-electron chi connectivity index (χ0n) is 10.6. The lowest BCUT2D eigenvalue weighted by molar-refractivity contribution is -0.116. The number of thioether (sulfide) groups is 1. The zero-order chi connectivity index (χ0) is 13.9. The Labute approximate surface area is 123 Å². The van der Waals surface area contributed by atoms with E-state index in [1.54, 1.807) is 23.9 Å². The van der Waals surface area contributed by atoms with Gasteiger partial charge in [-0.25, -0.2) is 0 Å². The maximum atomic E-state index is 11.5. The van der Waals surface area contributed by atoms with Crippen LogP contribution in [0.2, 0.25) is 5.02 Å². The first-order valence-corrected chi connectivity index (χ1v) is 7.66. The lowest BCUT2D eigenvalue weighted by Crippen LogP contribution is -2.23. The van der Waals surface area contributed by atoms with E-state index in [0.717, 1.165) is 23.5 Å². The molecular weight excluding hydrogens is 282 g/mol. The molecule has 1 rings (SSSR count). The number of carbonyl (C=O) groups excluding carboxylic acids is 1. The van der Waals surface area contributed by atoms with Gasteiger partial charge in [-0.3, -0.25) is 4.79 Å². The fraction of sp³-hybridized carbons (Fsp3) is 0.357. The van der Waals surface area contributed by atoms with Gasteiger partial charge < -0.3 is 10.4 Å². The van der Waals surface area contributed by atoms with Crippen molar-refractivity contribution < 1.29 is 9.90 Å². The Morgan fingerprint density at radius 3 is 2.89 bits per heavy atom. The van der Waals surface area contributed by atoms with Crippen LogP contribution in [0.25, 0.3) is 6.08 Å². The predicted octanol–water partition coefficient (Wildman–Crippen LogP) is 2.59. The zero-order valence-corrected chi connectivity index (χ0v) is 12.2. The molecule has 0 unspecified atom stereocenters. The highest BCUT2D eigenvalue weighted by atomic mass is 35.5. The van der Waals surface area contributed by atoms with E-state index in [1.165, 1.54) is 6.08 Å². The number of carbonyl (C=O) groups is 1. The molecule has 1 aromatic carbocycles. The fourth-order valence-electron chi connectivity index (χ4n) is 1.35. The van der Waals surface area contributed by atoms with Gasteiger partial charge in [0.05, 0.1) is 0 Å². The summed E-state index contributed by atoms with van der Waals surface area (Å²) in [4.78, 5) is 11.5. The fourth-order valence-corrected chi connectivity index (χ4v) is 2.33. The summed E-state index contributed by atoms with van der Waals surface area (Å²) in [6.45, 7) is 0.849. The van der Waals surface area contributed by atoms with Crippen LogP contribution < -0.4 is 5.32 Å². The number of benzene rings is 1. The van der Waals surface area contributed by atoms with Gasteiger partial charge in [0.15, 0.2) is 0 Å². The molecule has 5 heteroatoms. The molecule has 1 aromatic rings. The molecule has 0 aliphatic heterocycles. The van der Waals surface area contributed by atoms with Crippen LogP contribution in [0.4, 0.5) is 0 Å². The molecule has 3 nitrogen and oxygen atoms in total. The molecule has 0 spiro atoms. The monoisotopic (exact) mass is 299 g/mol. The van der Waals surface area contributed by atoms with E-state index in [-0.39, 0.29) is 12.5 Å². The van der Waals surface area contributed by atoms with Gasteiger partial charge in [0.2, 0.25) is 5.91 Å². The summed E-state index contributed by atoms with van der Waals surface area (Å²) in [6, 6.07) is 7.37. The van der Waals surface area contributed by atoms with Gasteiger partial charge in [0, 0.05) is 30.0 Å². The molecule has 19 heavy (non-hydrogen) atoms. The van der Waals surface area contributed by atoms with Crippen LogP contribution in [0.15, 0.2) is 30.3 Å². The molecule has 0 radical (unpaired) electrons. The van der Waals surface area contributed by atoms with Crippen molar-refractivity contribution >= 4 is 35.3 Å². The second-order valence-corrected chi connectivity index (χ2v) is 5.47. The van der Waals surface area contributed by atoms with Crippen molar-refractivity contribution in [3.05, 3.63) is 40.9 Å². The van der Waals surface area contributed by atoms with Crippen LogP contribution in [0.3, 0.4) is 0 Å². The van der Waals surface area contributed by atoms with Crippen LogP contribution in [-0.2, 0) is 4.79 Å². The minimum absolute atomic E-state index is 0.123. The van der Waals surface area contributed by atoms with Gasteiger partial charge in [0.25, 0.3) is 0 Å². The predicted molar refractivity (Wildman–Crippen MR) is 82.5 cm³/mol. The van der Waals surface area contributed by atoms with Gasteiger partial charge in [0.1, 0.15) is 0 Å². The highest BCUT2D eigenvalue weighted by molar-refractivity contribution is 7.99. The summed E-state index contributed by atoms with van der Waals surface area (Å²) >= 11 is 7.69. The lowest BCUT2D eigenvalue weighted by atomic mass is 10.2. The van der Waals surface area contributed by atoms with Crippen LogP contribution in [-0.4, -0.2) is 35.7 Å². The highest BCUT2D eigenvalue weighted by Crippen LogP contribution is 2.15. The van der Waals surface area contributed by atoms with E-state index in [1.807, 2.05) is 18.2 Å². The molecule has 0 heterocycles. The first-order valence-electron chi connectivity index (χ1n) is 6.13. The summed E-state index contributed by atoms with van der Waals surface area (Å²) in [7, 11) is 0. The maximum absolute atomic E-state index is 11.5. The largest absolute Gasteiger partial charge is 0.396 e. The number of aliphatic hydroxyl groups excluding tert-OH is 1. The molecule has 0 bridgehead atoms. The number of nitrogens with one attached hydrogen (secondary N) is 1. The molecule has 0 saturated heterocycles. The summed E-state index contributed by atoms with van der Waals surface area (Å²) in [6.07, 6.45) is 3.99. The number of hydrogen-bond acceptors (Lipinski definition) is 3. The third kappa shape index (κ3) is 7.25. The lowest BCUT2D eigenvalue weighted by Gasteiger charge is -2.02. The Hall–Kier alpha value is -0.970. The van der Waals surface area contributed by atoms with Crippen molar-refractivity contribution in [3.8, 4) is 0 Å². The first kappa shape index (κ1) is 16.1. The number of halogens is 1. The summed E-state index contributed by atoms with van der Waals surface area (Å²) in [5.74, 6) is 1.65. The molecule has 0 aromatic heterocycles. The Balaban J connectivity index is 2.22. The van der Waals surface area contributed by atoms with E-state index in [9.17, 15) is 4.79 Å². The summed E-state index contributed by atoms with van der Waals surface area (Å²) in [5.41, 5.74) is 0.830. The third-order valence-corrected chi connectivity index (χ3v) is 3.73. The van der Waals surface area contributed by atoms with Gasteiger partial charge in [-0.2, -0.15) is 11.8 Å². The van der Waals surface area contributed by atoms with Crippen molar-refractivity contribution in [2.45, 2.75) is 6.42 Å². The Bertz CT molecular complexity index is 424. The minimum Gasteiger partial charge on any atom is -0.396 e. The Morgan fingerprint density at radius 1 is 1.37 bits per heavy atom. The smallest absolute Gasteiger partial charge is 0.244 e. The maximum Gasteiger partial charge on any atom is 0.244 e. The van der Waals surface area contributed by atoms with Crippen LogP contribution in [0, 0.1) is 0 Å². The average molecular weight is 300 g/mol. The normalized spacial score (nSPS) is 10.8. The van der Waals surface area contributed by atoms with E-state index >= 15 is 0 Å². The van der Waals surface area contributed by atoms with E-state index in [0.29, 0.717) is 11.6 Å². The highest BCUT2D eigenvalue weighted by Gasteiger charge is 1.97. The quantitative estimate of drug-likeness (QED) is 0.573. The third-order valence-electron chi connectivity index (χ3n) is 2.31. The van der Waals surface area contributed by atoms with Crippen LogP contribution in [0.5, 0.6) is 0 Å². The second kappa shape index (κ2) is 9.89. The van der Waals surface area contributed by atoms with E-state index < -0.39 is 0 Å². The van der Waals surface area contributed by atoms with E-state index in [4.69, 9.17) is 16.7 Å². The van der Waals surface area contributed by atoms with Crippen LogP contribution >= 0.6 is 23.4 Å². The summed E-state index contributed by atoms with van der Waals surface area (Å²) in [5, 5.41) is 12.0. The second-order valence-electron chi connectivity index (χ2n) is 3.84. The molecule has 0 atom stereocenters. The average Bonchev–Trinajstić information content (AvgIpc) is 2.42. The van der Waals surface area contributed by atoms with Crippen molar-refractivity contribution in [1.82, 2.24) is 5.32 Å². The first-order chi connectivity index (χ1) is 9.24. The van der Waals surface area contributed by atoms with Gasteiger partial charge in [-0.05, 0) is 29.9 Å². The number of hydrogen-bond donors (Lipinski definition) is 2. The SMILES string of the molecule is O=C(/C=C/c1ccccc1Cl)NCCSCCCO. The Kier molecular flexibility index (Phi) is 8.38. The standard InChI is InChI=1S/C14H18ClNO2S/c15-13-5-2-1-4-12(13)6-7-14(18)16-8-11-19-10-3-9-17/h1-2,4-7,17H,3,8-11H2,(H,16,18)/b7-6+. The molecule has 0 saturated carbocycles. The summed E-state index contributed by atoms with van der Waals surface area (Å²) < 4.78 is 0. The van der Waals surface area contributed by atoms with Crippen molar-refractivity contribution in [2.24, 2.45) is 0 Å². The topological polar surface area (TPSA) is 49.3 Å². The minimum atomic E-state index is -0.123. The van der Waals surface area contributed by atoms with Crippen molar-refractivity contribution in [1.29, 1.82) is 0 Å². The van der Waals surface area contributed by atoms with E-state index in [2.05, 4.69) is 5.32 Å².